The molecule has 0 aliphatic carbocycles. The van der Waals surface area contributed by atoms with Gasteiger partial charge in [-0.1, -0.05) is 30.3 Å². The molecule has 3 aromatic rings. The molecule has 1 fully saturated rings. The summed E-state index contributed by atoms with van der Waals surface area (Å²) in [5.41, 5.74) is 5.09. The molecule has 1 aromatic heterocycles. The first-order valence-electron chi connectivity index (χ1n) is 9.62. The van der Waals surface area contributed by atoms with E-state index >= 15 is 0 Å². The second kappa shape index (κ2) is 8.89. The molecule has 7 heteroatoms. The minimum Gasteiger partial charge on any atom is -0.497 e. The Balaban J connectivity index is 1.64. The Bertz CT molecular complexity index is 965. The van der Waals surface area contributed by atoms with Crippen LogP contribution in [-0.2, 0) is 9.57 Å². The molecule has 1 unspecified atom stereocenters. The SMILES string of the molecule is COc1cccc(-c2nn(-c3ccccc3)cc2C(=O)NOC2CCCCO2)c1. The van der Waals surface area contributed by atoms with E-state index in [9.17, 15) is 4.79 Å². The van der Waals surface area contributed by atoms with Gasteiger partial charge >= 0.3 is 0 Å². The molecular formula is C22H23N3O4. The molecule has 29 heavy (non-hydrogen) atoms. The molecule has 2 aromatic carbocycles. The van der Waals surface area contributed by atoms with Crippen LogP contribution in [0.15, 0.2) is 60.8 Å². The van der Waals surface area contributed by atoms with Gasteiger partial charge in [-0.15, -0.1) is 0 Å². The van der Waals surface area contributed by atoms with Crippen molar-refractivity contribution in [3.05, 3.63) is 66.4 Å². The van der Waals surface area contributed by atoms with Crippen LogP contribution in [0.25, 0.3) is 16.9 Å². The van der Waals surface area contributed by atoms with Crippen LogP contribution in [0.2, 0.25) is 0 Å². The number of hydroxylamine groups is 1. The normalized spacial score (nSPS) is 16.4. The summed E-state index contributed by atoms with van der Waals surface area (Å²) in [7, 11) is 1.60. The largest absolute Gasteiger partial charge is 0.497 e. The molecule has 1 N–H and O–H groups in total. The van der Waals surface area contributed by atoms with Gasteiger partial charge in [-0.05, 0) is 37.1 Å². The standard InChI is InChI=1S/C22H23N3O4/c1-27-18-11-7-8-16(14-18)21-19(15-25(23-21)17-9-3-2-4-10-17)22(26)24-29-20-12-5-6-13-28-20/h2-4,7-11,14-15,20H,5-6,12-13H2,1H3,(H,24,26). The van der Waals surface area contributed by atoms with Gasteiger partial charge in [0, 0.05) is 24.8 Å². The van der Waals surface area contributed by atoms with Crippen LogP contribution in [0, 0.1) is 0 Å². The van der Waals surface area contributed by atoms with Crippen molar-refractivity contribution in [2.75, 3.05) is 13.7 Å². The minimum atomic E-state index is -0.419. The number of nitrogens with one attached hydrogen (secondary N) is 1. The molecule has 0 radical (unpaired) electrons. The van der Waals surface area contributed by atoms with E-state index in [1.165, 1.54) is 0 Å². The van der Waals surface area contributed by atoms with Gasteiger partial charge in [0.1, 0.15) is 11.4 Å². The Morgan fingerprint density at radius 2 is 2.03 bits per heavy atom. The number of amides is 1. The molecule has 1 amide bonds. The van der Waals surface area contributed by atoms with Crippen molar-refractivity contribution >= 4 is 5.91 Å². The van der Waals surface area contributed by atoms with Crippen molar-refractivity contribution in [3.63, 3.8) is 0 Å². The van der Waals surface area contributed by atoms with E-state index in [0.29, 0.717) is 23.6 Å². The Labute approximate surface area is 169 Å². The van der Waals surface area contributed by atoms with Crippen molar-refractivity contribution < 1.29 is 19.1 Å². The maximum Gasteiger partial charge on any atom is 0.278 e. The number of rotatable bonds is 6. The van der Waals surface area contributed by atoms with E-state index in [-0.39, 0.29) is 5.91 Å². The number of hydrogen-bond acceptors (Lipinski definition) is 5. The fourth-order valence-corrected chi connectivity index (χ4v) is 3.22. The fraction of sp³-hybridized carbons (Fsp3) is 0.273. The quantitative estimate of drug-likeness (QED) is 0.646. The van der Waals surface area contributed by atoms with Gasteiger partial charge in [0.2, 0.25) is 0 Å². The van der Waals surface area contributed by atoms with E-state index in [4.69, 9.17) is 14.3 Å². The van der Waals surface area contributed by atoms with Crippen molar-refractivity contribution in [1.82, 2.24) is 15.3 Å². The lowest BCUT2D eigenvalue weighted by Gasteiger charge is -2.22. The molecule has 1 atom stereocenters. The van der Waals surface area contributed by atoms with Crippen molar-refractivity contribution in [3.8, 4) is 22.7 Å². The number of benzene rings is 2. The molecule has 150 valence electrons. The number of carbonyl (C=O) groups excluding carboxylic acids is 1. The van der Waals surface area contributed by atoms with Crippen LogP contribution >= 0.6 is 0 Å². The predicted molar refractivity (Wildman–Crippen MR) is 108 cm³/mol. The summed E-state index contributed by atoms with van der Waals surface area (Å²) in [6, 6.07) is 17.1. The second-order valence-corrected chi connectivity index (χ2v) is 6.75. The Kier molecular flexibility index (Phi) is 5.88. The summed E-state index contributed by atoms with van der Waals surface area (Å²) in [6.07, 6.45) is 4.06. The predicted octanol–water partition coefficient (Wildman–Crippen LogP) is 3.74. The first kappa shape index (κ1) is 19.2. The highest BCUT2D eigenvalue weighted by atomic mass is 16.8. The summed E-state index contributed by atoms with van der Waals surface area (Å²) in [4.78, 5) is 18.4. The first-order valence-corrected chi connectivity index (χ1v) is 9.62. The maximum absolute atomic E-state index is 12.9. The highest BCUT2D eigenvalue weighted by Crippen LogP contribution is 2.27. The van der Waals surface area contributed by atoms with Crippen LogP contribution in [-0.4, -0.2) is 35.7 Å². The van der Waals surface area contributed by atoms with Gasteiger partial charge < -0.3 is 9.47 Å². The third kappa shape index (κ3) is 4.47. The van der Waals surface area contributed by atoms with E-state index < -0.39 is 6.29 Å². The Morgan fingerprint density at radius 3 is 2.79 bits per heavy atom. The highest BCUT2D eigenvalue weighted by molar-refractivity contribution is 5.99. The van der Waals surface area contributed by atoms with E-state index in [0.717, 1.165) is 30.5 Å². The molecule has 0 saturated carbocycles. The molecule has 1 saturated heterocycles. The fourth-order valence-electron chi connectivity index (χ4n) is 3.22. The number of carbonyl (C=O) groups is 1. The third-order valence-electron chi connectivity index (χ3n) is 4.74. The second-order valence-electron chi connectivity index (χ2n) is 6.75. The molecule has 7 nitrogen and oxygen atoms in total. The van der Waals surface area contributed by atoms with Crippen molar-refractivity contribution in [2.24, 2.45) is 0 Å². The van der Waals surface area contributed by atoms with Gasteiger partial charge in [-0.3, -0.25) is 4.79 Å². The van der Waals surface area contributed by atoms with Crippen molar-refractivity contribution in [1.29, 1.82) is 0 Å². The zero-order valence-electron chi connectivity index (χ0n) is 16.2. The number of nitrogens with zero attached hydrogens (tertiary/aromatic N) is 2. The summed E-state index contributed by atoms with van der Waals surface area (Å²) in [5.74, 6) is 0.314. The van der Waals surface area contributed by atoms with Crippen LogP contribution in [0.1, 0.15) is 29.6 Å². The Morgan fingerprint density at radius 1 is 1.17 bits per heavy atom. The molecule has 1 aliphatic heterocycles. The molecule has 2 heterocycles. The molecule has 4 rings (SSSR count). The average molecular weight is 393 g/mol. The van der Waals surface area contributed by atoms with Crippen LogP contribution < -0.4 is 10.2 Å². The van der Waals surface area contributed by atoms with Gasteiger partial charge in [-0.2, -0.15) is 5.10 Å². The van der Waals surface area contributed by atoms with Gasteiger partial charge in [-0.25, -0.2) is 15.0 Å². The Hall–Kier alpha value is -3.16. The van der Waals surface area contributed by atoms with E-state index in [2.05, 4.69) is 10.6 Å². The smallest absolute Gasteiger partial charge is 0.278 e. The zero-order chi connectivity index (χ0) is 20.1. The highest BCUT2D eigenvalue weighted by Gasteiger charge is 2.21. The van der Waals surface area contributed by atoms with E-state index in [1.807, 2.05) is 54.6 Å². The monoisotopic (exact) mass is 393 g/mol. The van der Waals surface area contributed by atoms with Crippen LogP contribution in [0.5, 0.6) is 5.75 Å². The molecule has 1 aliphatic rings. The maximum atomic E-state index is 12.9. The molecule has 0 spiro atoms. The lowest BCUT2D eigenvalue weighted by atomic mass is 10.1. The number of aromatic nitrogens is 2. The first-order chi connectivity index (χ1) is 14.2. The summed E-state index contributed by atoms with van der Waals surface area (Å²) >= 11 is 0. The molecule has 0 bridgehead atoms. The number of para-hydroxylation sites is 1. The molecular weight excluding hydrogens is 370 g/mol. The zero-order valence-corrected chi connectivity index (χ0v) is 16.2. The number of hydrogen-bond donors (Lipinski definition) is 1. The summed E-state index contributed by atoms with van der Waals surface area (Å²) in [6.45, 7) is 0.640. The van der Waals surface area contributed by atoms with E-state index in [1.54, 1.807) is 18.0 Å². The number of methoxy groups -OCH3 is 1. The topological polar surface area (TPSA) is 74.6 Å². The third-order valence-corrected chi connectivity index (χ3v) is 4.74. The van der Waals surface area contributed by atoms with Gasteiger partial charge in [0.15, 0.2) is 6.29 Å². The van der Waals surface area contributed by atoms with Crippen molar-refractivity contribution in [2.45, 2.75) is 25.6 Å². The van der Waals surface area contributed by atoms with Gasteiger partial charge in [0.05, 0.1) is 18.4 Å². The lowest BCUT2D eigenvalue weighted by Crippen LogP contribution is -2.33. The average Bonchev–Trinajstić information content (AvgIpc) is 3.24. The van der Waals surface area contributed by atoms with Crippen LogP contribution in [0.3, 0.4) is 0 Å². The summed E-state index contributed by atoms with van der Waals surface area (Å²) < 4.78 is 12.5. The van der Waals surface area contributed by atoms with Crippen LogP contribution in [0.4, 0.5) is 0 Å². The minimum absolute atomic E-state index is 0.376. The lowest BCUT2D eigenvalue weighted by molar-refractivity contribution is -0.186. The van der Waals surface area contributed by atoms with Gasteiger partial charge in [0.25, 0.3) is 5.91 Å². The summed E-state index contributed by atoms with van der Waals surface area (Å²) in [5, 5.41) is 4.66. The number of ether oxygens (including phenoxy) is 2.